The molecule has 1 aliphatic heterocycles. The van der Waals surface area contributed by atoms with Crippen molar-refractivity contribution in [1.29, 1.82) is 0 Å². The topological polar surface area (TPSA) is 71.6 Å². The van der Waals surface area contributed by atoms with Gasteiger partial charge in [-0.3, -0.25) is 9.59 Å². The molecule has 1 fully saturated rings. The second-order valence-electron chi connectivity index (χ2n) is 7.65. The smallest absolute Gasteiger partial charge is 0.289 e. The number of carbonyl (C=O) groups is 2. The third-order valence-corrected chi connectivity index (χ3v) is 5.56. The molecule has 32 heavy (non-hydrogen) atoms. The Hall–Kier alpha value is -4.13. The Morgan fingerprint density at radius 1 is 0.906 bits per heavy atom. The average Bonchev–Trinajstić information content (AvgIpc) is 3.50. The largest absolute Gasteiger partial charge is 0.451 e. The minimum absolute atomic E-state index is 0.0757. The number of piperazine rings is 1. The van der Waals surface area contributed by atoms with Crippen molar-refractivity contribution in [2.75, 3.05) is 26.2 Å². The van der Waals surface area contributed by atoms with Crippen LogP contribution in [-0.4, -0.2) is 57.6 Å². The van der Waals surface area contributed by atoms with E-state index in [9.17, 15) is 9.59 Å². The first-order valence-corrected chi connectivity index (χ1v) is 10.5. The van der Waals surface area contributed by atoms with Crippen molar-refractivity contribution >= 4 is 28.9 Å². The van der Waals surface area contributed by atoms with Gasteiger partial charge in [0.2, 0.25) is 5.91 Å². The molecule has 2 amide bonds. The van der Waals surface area contributed by atoms with Crippen LogP contribution in [0.4, 0.5) is 0 Å². The Balaban J connectivity index is 1.17. The van der Waals surface area contributed by atoms with Gasteiger partial charge in [-0.2, -0.15) is 5.10 Å². The molecule has 0 atom stereocenters. The van der Waals surface area contributed by atoms with Crippen molar-refractivity contribution in [1.82, 2.24) is 19.6 Å². The first kappa shape index (κ1) is 19.8. The van der Waals surface area contributed by atoms with Crippen molar-refractivity contribution in [3.8, 4) is 5.69 Å². The quantitative estimate of drug-likeness (QED) is 0.468. The maximum atomic E-state index is 12.8. The van der Waals surface area contributed by atoms with Gasteiger partial charge in [0.25, 0.3) is 5.91 Å². The highest BCUT2D eigenvalue weighted by Gasteiger charge is 2.26. The van der Waals surface area contributed by atoms with E-state index in [0.29, 0.717) is 37.5 Å². The second-order valence-corrected chi connectivity index (χ2v) is 7.65. The molecule has 2 aromatic heterocycles. The molecular formula is C25H22N4O3. The molecule has 7 nitrogen and oxygen atoms in total. The lowest BCUT2D eigenvalue weighted by molar-refractivity contribution is -0.127. The number of fused-ring (bicyclic) bond motifs is 1. The molecule has 1 aliphatic rings. The van der Waals surface area contributed by atoms with Crippen LogP contribution in [0.15, 0.2) is 83.6 Å². The first-order valence-electron chi connectivity index (χ1n) is 10.5. The Bertz CT molecular complexity index is 1250. The van der Waals surface area contributed by atoms with Crippen molar-refractivity contribution in [3.05, 3.63) is 90.5 Å². The summed E-state index contributed by atoms with van der Waals surface area (Å²) in [6.07, 6.45) is 6.92. The van der Waals surface area contributed by atoms with Crippen LogP contribution in [0.1, 0.15) is 16.1 Å². The Kier molecular flexibility index (Phi) is 5.29. The van der Waals surface area contributed by atoms with Crippen molar-refractivity contribution in [3.63, 3.8) is 0 Å². The summed E-state index contributed by atoms with van der Waals surface area (Å²) in [5.41, 5.74) is 2.51. The minimum atomic E-state index is -0.142. The van der Waals surface area contributed by atoms with E-state index in [2.05, 4.69) is 5.10 Å². The summed E-state index contributed by atoms with van der Waals surface area (Å²) >= 11 is 0. The molecule has 5 rings (SSSR count). The second kappa shape index (κ2) is 8.55. The van der Waals surface area contributed by atoms with Crippen LogP contribution in [0.2, 0.25) is 0 Å². The van der Waals surface area contributed by atoms with E-state index in [-0.39, 0.29) is 11.8 Å². The molecule has 3 heterocycles. The molecule has 0 unspecified atom stereocenters. The van der Waals surface area contributed by atoms with E-state index >= 15 is 0 Å². The Morgan fingerprint density at radius 2 is 1.62 bits per heavy atom. The minimum Gasteiger partial charge on any atom is -0.451 e. The molecule has 0 bridgehead atoms. The number of para-hydroxylation sites is 2. The van der Waals surface area contributed by atoms with E-state index in [4.69, 9.17) is 4.42 Å². The number of hydrogen-bond donors (Lipinski definition) is 0. The number of amides is 2. The van der Waals surface area contributed by atoms with Gasteiger partial charge < -0.3 is 14.2 Å². The maximum Gasteiger partial charge on any atom is 0.289 e. The molecule has 0 N–H and O–H groups in total. The lowest BCUT2D eigenvalue weighted by Gasteiger charge is -2.33. The number of aromatic nitrogens is 2. The molecule has 2 aromatic carbocycles. The van der Waals surface area contributed by atoms with Gasteiger partial charge in [-0.1, -0.05) is 36.4 Å². The maximum absolute atomic E-state index is 12.8. The highest BCUT2D eigenvalue weighted by molar-refractivity contribution is 5.96. The van der Waals surface area contributed by atoms with Crippen LogP contribution in [0.5, 0.6) is 0 Å². The molecule has 1 saturated heterocycles. The summed E-state index contributed by atoms with van der Waals surface area (Å²) in [6.45, 7) is 1.92. The Labute approximate surface area is 185 Å². The number of hydrogen-bond acceptors (Lipinski definition) is 4. The van der Waals surface area contributed by atoms with Gasteiger partial charge in [0.15, 0.2) is 5.76 Å². The predicted molar refractivity (Wildman–Crippen MR) is 121 cm³/mol. The van der Waals surface area contributed by atoms with Crippen LogP contribution in [-0.2, 0) is 4.79 Å². The number of benzene rings is 2. The van der Waals surface area contributed by atoms with Crippen molar-refractivity contribution in [2.24, 2.45) is 0 Å². The zero-order chi connectivity index (χ0) is 21.9. The number of carbonyl (C=O) groups excluding carboxylic acids is 2. The molecule has 0 spiro atoms. The fourth-order valence-corrected chi connectivity index (χ4v) is 3.79. The molecule has 0 saturated carbocycles. The van der Waals surface area contributed by atoms with Gasteiger partial charge in [0, 0.05) is 49.4 Å². The summed E-state index contributed by atoms with van der Waals surface area (Å²) in [5, 5.41) is 5.25. The molecule has 4 aromatic rings. The molecule has 160 valence electrons. The fraction of sp³-hybridized carbons (Fsp3) is 0.160. The predicted octanol–water partition coefficient (Wildman–Crippen LogP) is 3.62. The zero-order valence-corrected chi connectivity index (χ0v) is 17.4. The normalized spacial score (nSPS) is 14.4. The average molecular weight is 426 g/mol. The van der Waals surface area contributed by atoms with E-state index in [1.54, 1.807) is 38.9 Å². The van der Waals surface area contributed by atoms with E-state index in [0.717, 1.165) is 16.6 Å². The van der Waals surface area contributed by atoms with Crippen LogP contribution >= 0.6 is 0 Å². The summed E-state index contributed by atoms with van der Waals surface area (Å²) in [5.74, 6) is 0.117. The molecular weight excluding hydrogens is 404 g/mol. The third-order valence-electron chi connectivity index (χ3n) is 5.56. The van der Waals surface area contributed by atoms with Gasteiger partial charge >= 0.3 is 0 Å². The van der Waals surface area contributed by atoms with Gasteiger partial charge in [0.1, 0.15) is 5.58 Å². The molecule has 7 heteroatoms. The summed E-state index contributed by atoms with van der Waals surface area (Å²) < 4.78 is 7.46. The molecule has 0 radical (unpaired) electrons. The van der Waals surface area contributed by atoms with E-state index < -0.39 is 0 Å². The summed E-state index contributed by atoms with van der Waals surface area (Å²) in [4.78, 5) is 28.9. The monoisotopic (exact) mass is 426 g/mol. The van der Waals surface area contributed by atoms with Gasteiger partial charge in [-0.05, 0) is 30.3 Å². The van der Waals surface area contributed by atoms with Crippen LogP contribution < -0.4 is 0 Å². The van der Waals surface area contributed by atoms with Crippen LogP contribution in [0.25, 0.3) is 22.7 Å². The van der Waals surface area contributed by atoms with Gasteiger partial charge in [0.05, 0.1) is 11.9 Å². The zero-order valence-electron chi connectivity index (χ0n) is 17.4. The molecule has 0 aliphatic carbocycles. The first-order chi connectivity index (χ1) is 15.7. The van der Waals surface area contributed by atoms with Crippen LogP contribution in [0, 0.1) is 0 Å². The fourth-order valence-electron chi connectivity index (χ4n) is 3.79. The van der Waals surface area contributed by atoms with E-state index in [1.165, 1.54) is 0 Å². The van der Waals surface area contributed by atoms with E-state index in [1.807, 2.05) is 60.8 Å². The SMILES string of the molecule is O=C(/C=C/c1cnn(-c2ccccc2)c1)N1CCN(C(=O)c2cc3ccccc3o2)CC1. The standard InChI is InChI=1S/C25H22N4O3/c30-24(11-10-19-17-26-29(18-19)21-7-2-1-3-8-21)27-12-14-28(15-13-27)25(31)23-16-20-6-4-5-9-22(20)32-23/h1-11,16-18H,12-15H2/b11-10+. The third kappa shape index (κ3) is 4.05. The van der Waals surface area contributed by atoms with Gasteiger partial charge in [-0.15, -0.1) is 0 Å². The highest BCUT2D eigenvalue weighted by atomic mass is 16.3. The van der Waals surface area contributed by atoms with Gasteiger partial charge in [-0.25, -0.2) is 4.68 Å². The number of nitrogens with zero attached hydrogens (tertiary/aromatic N) is 4. The Morgan fingerprint density at radius 3 is 2.41 bits per heavy atom. The lowest BCUT2D eigenvalue weighted by atomic mass is 10.2. The van der Waals surface area contributed by atoms with Crippen molar-refractivity contribution < 1.29 is 14.0 Å². The summed E-state index contributed by atoms with van der Waals surface area (Å²) in [7, 11) is 0. The van der Waals surface area contributed by atoms with Crippen LogP contribution in [0.3, 0.4) is 0 Å². The lowest BCUT2D eigenvalue weighted by Crippen LogP contribution is -2.50. The highest BCUT2D eigenvalue weighted by Crippen LogP contribution is 2.20. The number of furan rings is 1. The summed E-state index contributed by atoms with van der Waals surface area (Å²) in [6, 6.07) is 19.1. The number of rotatable bonds is 4. The van der Waals surface area contributed by atoms with Crippen molar-refractivity contribution in [2.45, 2.75) is 0 Å².